The van der Waals surface area contributed by atoms with Gasteiger partial charge in [-0.1, -0.05) is 12.1 Å². The highest BCUT2D eigenvalue weighted by Gasteiger charge is 2.27. The van der Waals surface area contributed by atoms with E-state index in [2.05, 4.69) is 6.07 Å². The zero-order valence-electron chi connectivity index (χ0n) is 18.2. The quantitative estimate of drug-likeness (QED) is 0.414. The van der Waals surface area contributed by atoms with E-state index in [4.69, 9.17) is 14.1 Å². The summed E-state index contributed by atoms with van der Waals surface area (Å²) in [6.45, 7) is 1.37. The summed E-state index contributed by atoms with van der Waals surface area (Å²) in [6, 6.07) is 13.7. The number of piperidine rings is 1. The second-order valence-corrected chi connectivity index (χ2v) is 9.91. The van der Waals surface area contributed by atoms with Crippen molar-refractivity contribution in [3.63, 3.8) is 0 Å². The molecule has 1 saturated heterocycles. The van der Waals surface area contributed by atoms with Crippen molar-refractivity contribution in [3.05, 3.63) is 69.0 Å². The van der Waals surface area contributed by atoms with Crippen molar-refractivity contribution in [1.29, 1.82) is 0 Å². The maximum absolute atomic E-state index is 12.9. The van der Waals surface area contributed by atoms with Crippen molar-refractivity contribution < 1.29 is 13.9 Å². The minimum Gasteiger partial charge on any atom is -0.484 e. The van der Waals surface area contributed by atoms with E-state index in [-0.39, 0.29) is 24.1 Å². The molecule has 6 nitrogen and oxygen atoms in total. The number of carbonyl (C=O) groups is 1. The number of thiazole rings is 1. The van der Waals surface area contributed by atoms with Gasteiger partial charge in [-0.05, 0) is 61.9 Å². The molecule has 1 aliphatic carbocycles. The van der Waals surface area contributed by atoms with Crippen LogP contribution in [0.5, 0.6) is 5.75 Å². The van der Waals surface area contributed by atoms with Gasteiger partial charge in [0.2, 0.25) is 0 Å². The van der Waals surface area contributed by atoms with Crippen molar-refractivity contribution in [1.82, 2.24) is 9.88 Å². The Labute approximate surface area is 194 Å². The molecule has 4 aromatic rings. The van der Waals surface area contributed by atoms with Crippen molar-refractivity contribution in [2.24, 2.45) is 0 Å². The lowest BCUT2D eigenvalue weighted by Crippen LogP contribution is -2.41. The molecule has 1 amide bonds. The molecule has 1 atom stereocenters. The minimum absolute atomic E-state index is 0.0312. The van der Waals surface area contributed by atoms with Crippen LogP contribution < -0.4 is 10.4 Å². The Hall–Kier alpha value is -3.19. The monoisotopic (exact) mass is 460 g/mol. The first-order valence-electron chi connectivity index (χ1n) is 11.5. The third-order valence-corrected chi connectivity index (χ3v) is 7.94. The zero-order chi connectivity index (χ0) is 22.4. The standard InChI is InChI=1S/C26H24N2O4S/c29-24(28-12-4-5-16(14-28)25-27-21-8-1-2-9-23(21)33-25)15-31-17-10-11-19-18-6-3-7-20(18)26(30)32-22(19)13-17/h1-2,8-11,13,16H,3-7,12,14-15H2/t16-/m0/s1. The van der Waals surface area contributed by atoms with Crippen LogP contribution in [0.15, 0.2) is 51.7 Å². The molecule has 2 aromatic carbocycles. The highest BCUT2D eigenvalue weighted by Crippen LogP contribution is 2.33. The van der Waals surface area contributed by atoms with Gasteiger partial charge in [-0.2, -0.15) is 0 Å². The molecule has 3 heterocycles. The van der Waals surface area contributed by atoms with Crippen molar-refractivity contribution in [2.75, 3.05) is 19.7 Å². The molecule has 2 aliphatic rings. The van der Waals surface area contributed by atoms with Gasteiger partial charge in [0.15, 0.2) is 6.61 Å². The van der Waals surface area contributed by atoms with Gasteiger partial charge in [-0.25, -0.2) is 9.78 Å². The number of ether oxygens (including phenoxy) is 1. The Morgan fingerprint density at radius 3 is 2.94 bits per heavy atom. The molecule has 0 unspecified atom stereocenters. The number of aromatic nitrogens is 1. The van der Waals surface area contributed by atoms with E-state index < -0.39 is 0 Å². The van der Waals surface area contributed by atoms with Gasteiger partial charge in [-0.3, -0.25) is 4.79 Å². The SMILES string of the molecule is O=C(COc1ccc2c3c(c(=O)oc2c1)CCC3)N1CCC[C@H](c2nc3ccccc3s2)C1. The van der Waals surface area contributed by atoms with Crippen LogP contribution in [0.4, 0.5) is 0 Å². The third-order valence-electron chi connectivity index (χ3n) is 6.74. The Morgan fingerprint density at radius 2 is 2.03 bits per heavy atom. The van der Waals surface area contributed by atoms with Gasteiger partial charge in [0, 0.05) is 36.0 Å². The molecule has 0 N–H and O–H groups in total. The molecular formula is C26H24N2O4S. The summed E-state index contributed by atoms with van der Waals surface area (Å²) in [5.41, 5.74) is 3.20. The normalized spacial score (nSPS) is 18.1. The first-order valence-corrected chi connectivity index (χ1v) is 12.3. The van der Waals surface area contributed by atoms with Gasteiger partial charge in [0.05, 0.1) is 15.2 Å². The first-order chi connectivity index (χ1) is 16.2. The lowest BCUT2D eigenvalue weighted by molar-refractivity contribution is -0.134. The number of fused-ring (bicyclic) bond motifs is 4. The third kappa shape index (κ3) is 3.80. The van der Waals surface area contributed by atoms with Crippen LogP contribution in [0, 0.1) is 0 Å². The first kappa shape index (κ1) is 20.4. The molecule has 0 radical (unpaired) electrons. The molecule has 6 rings (SSSR count). The maximum Gasteiger partial charge on any atom is 0.339 e. The van der Waals surface area contributed by atoms with Gasteiger partial charge in [0.25, 0.3) is 5.91 Å². The lowest BCUT2D eigenvalue weighted by atomic mass is 9.99. The molecule has 0 spiro atoms. The molecule has 7 heteroatoms. The predicted molar refractivity (Wildman–Crippen MR) is 128 cm³/mol. The molecular weight excluding hydrogens is 436 g/mol. The summed E-state index contributed by atoms with van der Waals surface area (Å²) in [4.78, 5) is 31.8. The number of benzene rings is 2. The lowest BCUT2D eigenvalue weighted by Gasteiger charge is -2.31. The summed E-state index contributed by atoms with van der Waals surface area (Å²) in [7, 11) is 0. The summed E-state index contributed by atoms with van der Waals surface area (Å²) >= 11 is 1.72. The van der Waals surface area contributed by atoms with E-state index in [9.17, 15) is 9.59 Å². The second kappa shape index (κ2) is 8.30. The molecule has 33 heavy (non-hydrogen) atoms. The van der Waals surface area contributed by atoms with Crippen LogP contribution >= 0.6 is 11.3 Å². The topological polar surface area (TPSA) is 72.6 Å². The van der Waals surface area contributed by atoms with E-state index in [1.54, 1.807) is 17.4 Å². The van der Waals surface area contributed by atoms with Crippen molar-refractivity contribution in [3.8, 4) is 5.75 Å². The van der Waals surface area contributed by atoms with E-state index in [1.165, 1.54) is 4.70 Å². The minimum atomic E-state index is -0.252. The molecule has 0 bridgehead atoms. The molecule has 168 valence electrons. The van der Waals surface area contributed by atoms with Gasteiger partial charge >= 0.3 is 5.63 Å². The van der Waals surface area contributed by atoms with E-state index in [1.807, 2.05) is 35.2 Å². The maximum atomic E-state index is 12.9. The number of hydrogen-bond donors (Lipinski definition) is 0. The average molecular weight is 461 g/mol. The van der Waals surface area contributed by atoms with Crippen molar-refractivity contribution in [2.45, 2.75) is 38.0 Å². The molecule has 1 aliphatic heterocycles. The highest BCUT2D eigenvalue weighted by atomic mass is 32.1. The summed E-state index contributed by atoms with van der Waals surface area (Å²) in [5, 5.41) is 2.07. The van der Waals surface area contributed by atoms with Gasteiger partial charge in [-0.15, -0.1) is 11.3 Å². The fourth-order valence-corrected chi connectivity index (χ4v) is 6.15. The fourth-order valence-electron chi connectivity index (χ4n) is 5.06. The number of hydrogen-bond acceptors (Lipinski definition) is 6. The van der Waals surface area contributed by atoms with Crippen LogP contribution in [0.2, 0.25) is 0 Å². The fraction of sp³-hybridized carbons (Fsp3) is 0.346. The Balaban J connectivity index is 1.14. The van der Waals surface area contributed by atoms with Crippen LogP contribution in [0.1, 0.15) is 41.3 Å². The van der Waals surface area contributed by atoms with Gasteiger partial charge in [0.1, 0.15) is 11.3 Å². The van der Waals surface area contributed by atoms with Crippen LogP contribution in [-0.4, -0.2) is 35.5 Å². The van der Waals surface area contributed by atoms with Gasteiger partial charge < -0.3 is 14.1 Å². The number of para-hydroxylation sites is 1. The molecule has 2 aromatic heterocycles. The van der Waals surface area contributed by atoms with Crippen LogP contribution in [0.3, 0.4) is 0 Å². The Morgan fingerprint density at radius 1 is 1.15 bits per heavy atom. The summed E-state index contributed by atoms with van der Waals surface area (Å²) in [5.74, 6) is 0.769. The number of nitrogens with zero attached hydrogens (tertiary/aromatic N) is 2. The largest absolute Gasteiger partial charge is 0.484 e. The van der Waals surface area contributed by atoms with E-state index >= 15 is 0 Å². The second-order valence-electron chi connectivity index (χ2n) is 8.85. The Bertz CT molecular complexity index is 1390. The number of aryl methyl sites for hydroxylation is 1. The number of likely N-dealkylation sites (tertiary alicyclic amines) is 1. The summed E-state index contributed by atoms with van der Waals surface area (Å²) in [6.07, 6.45) is 4.67. The van der Waals surface area contributed by atoms with Crippen LogP contribution in [-0.2, 0) is 17.6 Å². The van der Waals surface area contributed by atoms with Crippen molar-refractivity contribution >= 4 is 38.4 Å². The Kier molecular flexibility index (Phi) is 5.14. The number of carbonyl (C=O) groups excluding carboxylic acids is 1. The summed E-state index contributed by atoms with van der Waals surface area (Å²) < 4.78 is 12.5. The molecule has 1 fully saturated rings. The molecule has 0 saturated carbocycles. The number of rotatable bonds is 4. The van der Waals surface area contributed by atoms with E-state index in [0.717, 1.165) is 65.7 Å². The highest BCUT2D eigenvalue weighted by molar-refractivity contribution is 7.18. The average Bonchev–Trinajstić information content (AvgIpc) is 3.50. The number of amides is 1. The predicted octanol–water partition coefficient (Wildman–Crippen LogP) is 4.68. The van der Waals surface area contributed by atoms with Crippen LogP contribution in [0.25, 0.3) is 21.2 Å². The smallest absolute Gasteiger partial charge is 0.339 e. The van der Waals surface area contributed by atoms with E-state index in [0.29, 0.717) is 17.9 Å². The zero-order valence-corrected chi connectivity index (χ0v) is 19.0.